The van der Waals surface area contributed by atoms with Crippen LogP contribution in [0, 0.1) is 5.92 Å². The monoisotopic (exact) mass is 226 g/mol. The summed E-state index contributed by atoms with van der Waals surface area (Å²) in [6, 6.07) is 0. The Balaban J connectivity index is 1.63. The molecule has 0 aromatic heterocycles. The quantitative estimate of drug-likeness (QED) is 0.593. The first kappa shape index (κ1) is 11.8. The molecule has 3 atom stereocenters. The van der Waals surface area contributed by atoms with Crippen LogP contribution in [0.15, 0.2) is 0 Å². The summed E-state index contributed by atoms with van der Waals surface area (Å²) in [5.74, 6) is 1.11. The lowest BCUT2D eigenvalue weighted by molar-refractivity contribution is 0.364. The van der Waals surface area contributed by atoms with Crippen molar-refractivity contribution in [1.82, 2.24) is 0 Å². The van der Waals surface area contributed by atoms with Crippen molar-refractivity contribution in [2.75, 3.05) is 0 Å². The first-order valence-corrected chi connectivity index (χ1v) is 8.00. The number of thioether (sulfide) groups is 1. The van der Waals surface area contributed by atoms with E-state index in [1.165, 1.54) is 51.4 Å². The lowest BCUT2D eigenvalue weighted by atomic mass is 9.85. The third-order valence-electron chi connectivity index (χ3n) is 4.15. The molecule has 0 radical (unpaired) electrons. The highest BCUT2D eigenvalue weighted by molar-refractivity contribution is 8.00. The molecule has 1 saturated heterocycles. The molecule has 1 aliphatic heterocycles. The molecule has 1 saturated carbocycles. The summed E-state index contributed by atoms with van der Waals surface area (Å²) in [6.45, 7) is 2.30. The standard InChI is InChI=1S/C14H26S/c1-2-3-4-5-9-13-11-12-8-6-7-10-14(12)15-13/h12-14H,2-11H2,1H3. The van der Waals surface area contributed by atoms with Gasteiger partial charge in [-0.15, -0.1) is 0 Å². The van der Waals surface area contributed by atoms with E-state index < -0.39 is 0 Å². The second-order valence-corrected chi connectivity index (χ2v) is 6.97. The SMILES string of the molecule is CCCCCCC1CC2CCCCC2S1. The molecule has 88 valence electrons. The van der Waals surface area contributed by atoms with Crippen LogP contribution in [0.4, 0.5) is 0 Å². The summed E-state index contributed by atoms with van der Waals surface area (Å²) < 4.78 is 0. The minimum atomic E-state index is 1.04. The molecule has 0 bridgehead atoms. The Bertz CT molecular complexity index is 164. The highest BCUT2D eigenvalue weighted by Crippen LogP contribution is 2.47. The molecule has 0 N–H and O–H groups in total. The maximum absolute atomic E-state index is 2.35. The van der Waals surface area contributed by atoms with Gasteiger partial charge in [-0.3, -0.25) is 0 Å². The Kier molecular flexibility index (Phi) is 4.87. The van der Waals surface area contributed by atoms with Gasteiger partial charge in [0.2, 0.25) is 0 Å². The van der Waals surface area contributed by atoms with Crippen LogP contribution in [-0.2, 0) is 0 Å². The van der Waals surface area contributed by atoms with Gasteiger partial charge < -0.3 is 0 Å². The zero-order valence-electron chi connectivity index (χ0n) is 10.2. The van der Waals surface area contributed by atoms with Crippen molar-refractivity contribution in [2.45, 2.75) is 81.6 Å². The topological polar surface area (TPSA) is 0 Å². The molecule has 3 unspecified atom stereocenters. The molecule has 1 heteroatoms. The van der Waals surface area contributed by atoms with E-state index in [0.717, 1.165) is 16.4 Å². The molecule has 2 aliphatic rings. The van der Waals surface area contributed by atoms with Crippen molar-refractivity contribution in [3.05, 3.63) is 0 Å². The Morgan fingerprint density at radius 3 is 2.73 bits per heavy atom. The molecule has 0 aromatic rings. The second kappa shape index (κ2) is 6.18. The van der Waals surface area contributed by atoms with Gasteiger partial charge in [0.25, 0.3) is 0 Å². The van der Waals surface area contributed by atoms with Crippen LogP contribution in [0.2, 0.25) is 0 Å². The van der Waals surface area contributed by atoms with Crippen molar-refractivity contribution in [3.63, 3.8) is 0 Å². The number of unbranched alkanes of at least 4 members (excludes halogenated alkanes) is 3. The molecule has 2 rings (SSSR count). The van der Waals surface area contributed by atoms with E-state index in [4.69, 9.17) is 0 Å². The van der Waals surface area contributed by atoms with Crippen LogP contribution in [-0.4, -0.2) is 10.5 Å². The first-order chi connectivity index (χ1) is 7.40. The Morgan fingerprint density at radius 2 is 1.93 bits per heavy atom. The van der Waals surface area contributed by atoms with Crippen LogP contribution in [0.3, 0.4) is 0 Å². The normalized spacial score (nSPS) is 35.4. The van der Waals surface area contributed by atoms with E-state index in [0.29, 0.717) is 0 Å². The van der Waals surface area contributed by atoms with E-state index in [1.54, 1.807) is 12.8 Å². The fourth-order valence-corrected chi connectivity index (χ4v) is 5.18. The van der Waals surface area contributed by atoms with Gasteiger partial charge in [-0.2, -0.15) is 11.8 Å². The maximum Gasteiger partial charge on any atom is 0.00785 e. The maximum atomic E-state index is 2.35. The molecule has 0 amide bonds. The molecule has 1 heterocycles. The van der Waals surface area contributed by atoms with E-state index >= 15 is 0 Å². The lowest BCUT2D eigenvalue weighted by Gasteiger charge is -2.23. The first-order valence-electron chi connectivity index (χ1n) is 7.05. The summed E-state index contributed by atoms with van der Waals surface area (Å²) in [5.41, 5.74) is 0. The summed E-state index contributed by atoms with van der Waals surface area (Å²) in [6.07, 6.45) is 15.0. The molecule has 15 heavy (non-hydrogen) atoms. The van der Waals surface area contributed by atoms with E-state index in [9.17, 15) is 0 Å². The summed E-state index contributed by atoms with van der Waals surface area (Å²) in [5, 5.41) is 2.10. The fraction of sp³-hybridized carbons (Fsp3) is 1.00. The van der Waals surface area contributed by atoms with Crippen LogP contribution in [0.1, 0.15) is 71.1 Å². The Hall–Kier alpha value is 0.350. The summed E-state index contributed by atoms with van der Waals surface area (Å²) >= 11 is 2.35. The zero-order valence-corrected chi connectivity index (χ0v) is 11.0. The number of fused-ring (bicyclic) bond motifs is 1. The largest absolute Gasteiger partial charge is 0.155 e. The molecule has 0 nitrogen and oxygen atoms in total. The number of rotatable bonds is 5. The highest BCUT2D eigenvalue weighted by Gasteiger charge is 2.35. The Morgan fingerprint density at radius 1 is 1.07 bits per heavy atom. The van der Waals surface area contributed by atoms with Gasteiger partial charge in [-0.1, -0.05) is 45.4 Å². The summed E-state index contributed by atoms with van der Waals surface area (Å²) in [7, 11) is 0. The number of hydrogen-bond acceptors (Lipinski definition) is 1. The molecule has 2 fully saturated rings. The van der Waals surface area contributed by atoms with E-state index in [-0.39, 0.29) is 0 Å². The predicted octanol–water partition coefficient (Wildman–Crippen LogP) is 5.02. The molecule has 1 aliphatic carbocycles. The minimum Gasteiger partial charge on any atom is -0.155 e. The average Bonchev–Trinajstić information content (AvgIpc) is 2.67. The second-order valence-electron chi connectivity index (χ2n) is 5.43. The fourth-order valence-electron chi connectivity index (χ4n) is 3.25. The van der Waals surface area contributed by atoms with Gasteiger partial charge in [0.1, 0.15) is 0 Å². The number of hydrogen-bond donors (Lipinski definition) is 0. The van der Waals surface area contributed by atoms with Crippen molar-refractivity contribution in [1.29, 1.82) is 0 Å². The highest BCUT2D eigenvalue weighted by atomic mass is 32.2. The van der Waals surface area contributed by atoms with Gasteiger partial charge in [0.05, 0.1) is 0 Å². The van der Waals surface area contributed by atoms with Crippen LogP contribution in [0.5, 0.6) is 0 Å². The summed E-state index contributed by atoms with van der Waals surface area (Å²) in [4.78, 5) is 0. The zero-order chi connectivity index (χ0) is 10.5. The lowest BCUT2D eigenvalue weighted by Crippen LogP contribution is -2.16. The van der Waals surface area contributed by atoms with Crippen molar-refractivity contribution >= 4 is 11.8 Å². The average molecular weight is 226 g/mol. The van der Waals surface area contributed by atoms with Crippen LogP contribution in [0.25, 0.3) is 0 Å². The molecule has 0 aromatic carbocycles. The third kappa shape index (κ3) is 3.41. The smallest absolute Gasteiger partial charge is 0.00785 e. The van der Waals surface area contributed by atoms with Crippen molar-refractivity contribution < 1.29 is 0 Å². The van der Waals surface area contributed by atoms with Gasteiger partial charge >= 0.3 is 0 Å². The molecular weight excluding hydrogens is 200 g/mol. The van der Waals surface area contributed by atoms with Crippen molar-refractivity contribution in [2.24, 2.45) is 5.92 Å². The van der Waals surface area contributed by atoms with Gasteiger partial charge in [0, 0.05) is 10.5 Å². The van der Waals surface area contributed by atoms with Gasteiger partial charge in [-0.25, -0.2) is 0 Å². The van der Waals surface area contributed by atoms with Crippen LogP contribution < -0.4 is 0 Å². The van der Waals surface area contributed by atoms with E-state index in [2.05, 4.69) is 18.7 Å². The Labute approximate surface area is 99.6 Å². The van der Waals surface area contributed by atoms with Crippen molar-refractivity contribution in [3.8, 4) is 0 Å². The van der Waals surface area contributed by atoms with Crippen LogP contribution >= 0.6 is 11.8 Å². The predicted molar refractivity (Wildman–Crippen MR) is 70.5 cm³/mol. The van der Waals surface area contributed by atoms with Gasteiger partial charge in [0.15, 0.2) is 0 Å². The molecule has 0 spiro atoms. The molecular formula is C14H26S. The van der Waals surface area contributed by atoms with Gasteiger partial charge in [-0.05, 0) is 31.6 Å². The minimum absolute atomic E-state index is 1.04. The third-order valence-corrected chi connectivity index (χ3v) is 5.94. The van der Waals surface area contributed by atoms with E-state index in [1.807, 2.05) is 0 Å².